The summed E-state index contributed by atoms with van der Waals surface area (Å²) >= 11 is 0. The fourth-order valence-electron chi connectivity index (χ4n) is 1.89. The van der Waals surface area contributed by atoms with Crippen molar-refractivity contribution in [2.24, 2.45) is 0 Å². The van der Waals surface area contributed by atoms with E-state index in [0.29, 0.717) is 6.54 Å². The number of ether oxygens (including phenoxy) is 1. The smallest absolute Gasteiger partial charge is 0.165 e. The van der Waals surface area contributed by atoms with Crippen molar-refractivity contribution in [3.63, 3.8) is 0 Å². The van der Waals surface area contributed by atoms with E-state index in [2.05, 4.69) is 10.3 Å². The number of pyridine rings is 1. The number of rotatable bonds is 4. The number of hydrogen-bond acceptors (Lipinski definition) is 3. The van der Waals surface area contributed by atoms with Gasteiger partial charge in [0.1, 0.15) is 0 Å². The Labute approximate surface area is 112 Å². The number of hydrogen-bond donors (Lipinski definition) is 1. The maximum absolute atomic E-state index is 13.5. The van der Waals surface area contributed by atoms with Crippen molar-refractivity contribution in [1.82, 2.24) is 4.98 Å². The van der Waals surface area contributed by atoms with Gasteiger partial charge in [0.2, 0.25) is 0 Å². The molecule has 1 heterocycles. The molecule has 0 aliphatic carbocycles. The van der Waals surface area contributed by atoms with Gasteiger partial charge in [-0.3, -0.25) is 4.98 Å². The first kappa shape index (κ1) is 13.3. The molecule has 19 heavy (non-hydrogen) atoms. The summed E-state index contributed by atoms with van der Waals surface area (Å²) in [4.78, 5) is 4.37. The molecule has 1 aromatic heterocycles. The molecule has 0 unspecified atom stereocenters. The molecule has 1 aromatic carbocycles. The Bertz CT molecular complexity index is 584. The lowest BCUT2D eigenvalue weighted by Gasteiger charge is -2.10. The highest BCUT2D eigenvalue weighted by Crippen LogP contribution is 2.19. The number of nitrogens with one attached hydrogen (secondary N) is 1. The number of anilines is 1. The molecule has 0 radical (unpaired) electrons. The molecular formula is C15H17FN2O. The Morgan fingerprint density at radius 1 is 1.21 bits per heavy atom. The van der Waals surface area contributed by atoms with Crippen molar-refractivity contribution in [3.8, 4) is 5.75 Å². The van der Waals surface area contributed by atoms with Crippen molar-refractivity contribution < 1.29 is 9.13 Å². The molecular weight excluding hydrogens is 243 g/mol. The van der Waals surface area contributed by atoms with E-state index in [9.17, 15) is 4.39 Å². The van der Waals surface area contributed by atoms with Gasteiger partial charge in [-0.1, -0.05) is 6.07 Å². The number of nitrogens with zero attached hydrogens (tertiary/aromatic N) is 1. The molecule has 4 heteroatoms. The molecule has 100 valence electrons. The van der Waals surface area contributed by atoms with Gasteiger partial charge in [0.25, 0.3) is 0 Å². The highest BCUT2D eigenvalue weighted by molar-refractivity contribution is 5.48. The zero-order valence-electron chi connectivity index (χ0n) is 11.3. The van der Waals surface area contributed by atoms with E-state index in [-0.39, 0.29) is 11.6 Å². The third-order valence-electron chi connectivity index (χ3n) is 2.92. The Morgan fingerprint density at radius 3 is 2.63 bits per heavy atom. The van der Waals surface area contributed by atoms with Crippen LogP contribution in [0.1, 0.15) is 17.0 Å². The van der Waals surface area contributed by atoms with Crippen LogP contribution in [0.2, 0.25) is 0 Å². The second-order valence-electron chi connectivity index (χ2n) is 4.41. The summed E-state index contributed by atoms with van der Waals surface area (Å²) in [5.41, 5.74) is 3.74. The first-order valence-corrected chi connectivity index (χ1v) is 6.10. The SMILES string of the molecule is COc1ccc(CNc2ccc(C)nc2C)cc1F. The van der Waals surface area contributed by atoms with E-state index >= 15 is 0 Å². The first-order chi connectivity index (χ1) is 9.10. The van der Waals surface area contributed by atoms with Gasteiger partial charge in [-0.25, -0.2) is 4.39 Å². The summed E-state index contributed by atoms with van der Waals surface area (Å²) < 4.78 is 18.4. The van der Waals surface area contributed by atoms with E-state index in [1.807, 2.05) is 32.0 Å². The minimum absolute atomic E-state index is 0.261. The van der Waals surface area contributed by atoms with Gasteiger partial charge < -0.3 is 10.1 Å². The lowest BCUT2D eigenvalue weighted by molar-refractivity contribution is 0.386. The summed E-state index contributed by atoms with van der Waals surface area (Å²) in [5, 5.41) is 3.25. The van der Waals surface area contributed by atoms with Crippen molar-refractivity contribution in [1.29, 1.82) is 0 Å². The lowest BCUT2D eigenvalue weighted by Crippen LogP contribution is -2.03. The van der Waals surface area contributed by atoms with E-state index in [4.69, 9.17) is 4.74 Å². The minimum Gasteiger partial charge on any atom is -0.494 e. The molecule has 0 fully saturated rings. The summed E-state index contributed by atoms with van der Waals surface area (Å²) in [7, 11) is 1.46. The van der Waals surface area contributed by atoms with Crippen LogP contribution < -0.4 is 10.1 Å². The van der Waals surface area contributed by atoms with Crippen LogP contribution in [0.25, 0.3) is 0 Å². The Balaban J connectivity index is 2.08. The highest BCUT2D eigenvalue weighted by Gasteiger charge is 2.04. The van der Waals surface area contributed by atoms with Crippen LogP contribution in [-0.4, -0.2) is 12.1 Å². The minimum atomic E-state index is -0.347. The lowest BCUT2D eigenvalue weighted by atomic mass is 10.2. The molecule has 0 amide bonds. The molecule has 0 aliphatic rings. The topological polar surface area (TPSA) is 34.1 Å². The fraction of sp³-hybridized carbons (Fsp3) is 0.267. The molecule has 0 atom stereocenters. The number of benzene rings is 1. The van der Waals surface area contributed by atoms with Crippen LogP contribution in [0.5, 0.6) is 5.75 Å². The summed E-state index contributed by atoms with van der Waals surface area (Å²) in [6.07, 6.45) is 0. The van der Waals surface area contributed by atoms with Gasteiger partial charge in [0.15, 0.2) is 11.6 Å². The van der Waals surface area contributed by atoms with Gasteiger partial charge in [0, 0.05) is 12.2 Å². The van der Waals surface area contributed by atoms with Gasteiger partial charge >= 0.3 is 0 Å². The van der Waals surface area contributed by atoms with Crippen LogP contribution in [-0.2, 0) is 6.54 Å². The first-order valence-electron chi connectivity index (χ1n) is 6.10. The average Bonchev–Trinajstić information content (AvgIpc) is 2.38. The summed E-state index contributed by atoms with van der Waals surface area (Å²) in [5.74, 6) is -0.0857. The molecule has 2 rings (SSSR count). The second-order valence-corrected chi connectivity index (χ2v) is 4.41. The zero-order valence-corrected chi connectivity index (χ0v) is 11.3. The van der Waals surface area contributed by atoms with Crippen molar-refractivity contribution in [2.75, 3.05) is 12.4 Å². The van der Waals surface area contributed by atoms with Crippen LogP contribution >= 0.6 is 0 Å². The summed E-state index contributed by atoms with van der Waals surface area (Å²) in [6.45, 7) is 4.45. The van der Waals surface area contributed by atoms with Crippen molar-refractivity contribution >= 4 is 5.69 Å². The number of aromatic nitrogens is 1. The number of aryl methyl sites for hydroxylation is 2. The average molecular weight is 260 g/mol. The van der Waals surface area contributed by atoms with E-state index in [0.717, 1.165) is 22.6 Å². The Kier molecular flexibility index (Phi) is 4.00. The van der Waals surface area contributed by atoms with Crippen LogP contribution in [0.15, 0.2) is 30.3 Å². The quantitative estimate of drug-likeness (QED) is 0.914. The molecule has 0 aliphatic heterocycles. The van der Waals surface area contributed by atoms with E-state index in [1.165, 1.54) is 13.2 Å². The highest BCUT2D eigenvalue weighted by atomic mass is 19.1. The van der Waals surface area contributed by atoms with E-state index in [1.54, 1.807) is 6.07 Å². The second kappa shape index (κ2) is 5.69. The molecule has 1 N–H and O–H groups in total. The maximum atomic E-state index is 13.5. The third kappa shape index (κ3) is 3.22. The van der Waals surface area contributed by atoms with Gasteiger partial charge in [-0.05, 0) is 43.7 Å². The van der Waals surface area contributed by atoms with Crippen molar-refractivity contribution in [2.45, 2.75) is 20.4 Å². The largest absolute Gasteiger partial charge is 0.494 e. The van der Waals surface area contributed by atoms with E-state index < -0.39 is 0 Å². The number of methoxy groups -OCH3 is 1. The molecule has 3 nitrogen and oxygen atoms in total. The van der Waals surface area contributed by atoms with Crippen LogP contribution in [0.4, 0.5) is 10.1 Å². The molecule has 0 bridgehead atoms. The van der Waals surface area contributed by atoms with Gasteiger partial charge in [-0.2, -0.15) is 0 Å². The van der Waals surface area contributed by atoms with Crippen molar-refractivity contribution in [3.05, 3.63) is 53.1 Å². The van der Waals surface area contributed by atoms with Gasteiger partial charge in [0.05, 0.1) is 18.5 Å². The van der Waals surface area contributed by atoms with Gasteiger partial charge in [-0.15, -0.1) is 0 Å². The monoisotopic (exact) mass is 260 g/mol. The normalized spacial score (nSPS) is 10.3. The standard InChI is InChI=1S/C15H17FN2O/c1-10-4-6-14(11(2)18-10)17-9-12-5-7-15(19-3)13(16)8-12/h4-8,17H,9H2,1-3H3. The zero-order chi connectivity index (χ0) is 13.8. The number of halogens is 1. The molecule has 0 spiro atoms. The predicted octanol–water partition coefficient (Wildman–Crippen LogP) is 3.46. The molecule has 0 saturated carbocycles. The third-order valence-corrected chi connectivity index (χ3v) is 2.92. The molecule has 0 saturated heterocycles. The summed E-state index contributed by atoms with van der Waals surface area (Å²) in [6, 6.07) is 8.88. The molecule has 2 aromatic rings. The Morgan fingerprint density at radius 2 is 2.00 bits per heavy atom. The Hall–Kier alpha value is -2.10. The maximum Gasteiger partial charge on any atom is 0.165 e. The predicted molar refractivity (Wildman–Crippen MR) is 74.0 cm³/mol. The van der Waals surface area contributed by atoms with Crippen LogP contribution in [0.3, 0.4) is 0 Å². The fourth-order valence-corrected chi connectivity index (χ4v) is 1.89. The van der Waals surface area contributed by atoms with Crippen LogP contribution in [0, 0.1) is 19.7 Å².